The molecule has 3 aromatic carbocycles. The van der Waals surface area contributed by atoms with Crippen molar-refractivity contribution >= 4 is 40.7 Å². The maximum atomic E-state index is 13.8. The Morgan fingerprint density at radius 3 is 2.22 bits per heavy atom. The second-order valence-electron chi connectivity index (χ2n) is 10.2. The number of nitrogens with zero attached hydrogens (tertiary/aromatic N) is 4. The van der Waals surface area contributed by atoms with Gasteiger partial charge >= 0.3 is 0 Å². The SMILES string of the molecule is CN(C)c1ccc(/C=C2/CCCC3C2=NN(C(=O)c2cccc(Cl)c2)C3c2ccc(N(C)C)cc2)cc1. The van der Waals surface area contributed by atoms with Gasteiger partial charge in [-0.2, -0.15) is 5.10 Å². The van der Waals surface area contributed by atoms with Crippen LogP contribution in [0.2, 0.25) is 5.02 Å². The number of carbonyl (C=O) groups excluding carboxylic acids is 1. The van der Waals surface area contributed by atoms with Crippen LogP contribution >= 0.6 is 11.6 Å². The summed E-state index contributed by atoms with van der Waals surface area (Å²) in [5.74, 6) is 0.0233. The molecule has 2 unspecified atom stereocenters. The Labute approximate surface area is 224 Å². The maximum absolute atomic E-state index is 13.8. The normalized spacial score (nSPS) is 20.0. The number of hydrogen-bond donors (Lipinski definition) is 0. The third-order valence-electron chi connectivity index (χ3n) is 7.28. The summed E-state index contributed by atoms with van der Waals surface area (Å²) in [5, 5.41) is 7.27. The van der Waals surface area contributed by atoms with E-state index >= 15 is 0 Å². The fraction of sp³-hybridized carbons (Fsp3) is 0.290. The first kappa shape index (κ1) is 25.1. The van der Waals surface area contributed by atoms with Gasteiger partial charge in [-0.3, -0.25) is 4.79 Å². The molecule has 2 atom stereocenters. The lowest BCUT2D eigenvalue weighted by atomic mass is 9.77. The van der Waals surface area contributed by atoms with Crippen LogP contribution in [0.3, 0.4) is 0 Å². The number of allylic oxidation sites excluding steroid dienone is 1. The molecule has 37 heavy (non-hydrogen) atoms. The Hall–Kier alpha value is -3.57. The van der Waals surface area contributed by atoms with Crippen LogP contribution in [0.4, 0.5) is 11.4 Å². The van der Waals surface area contributed by atoms with E-state index in [1.54, 1.807) is 17.1 Å². The van der Waals surface area contributed by atoms with E-state index in [1.165, 1.54) is 11.3 Å². The monoisotopic (exact) mass is 512 g/mol. The second-order valence-corrected chi connectivity index (χ2v) is 10.7. The first-order valence-corrected chi connectivity index (χ1v) is 13.1. The smallest absolute Gasteiger partial charge is 0.274 e. The highest BCUT2D eigenvalue weighted by atomic mass is 35.5. The topological polar surface area (TPSA) is 39.1 Å². The van der Waals surface area contributed by atoms with E-state index in [0.717, 1.165) is 41.8 Å². The van der Waals surface area contributed by atoms with Crippen molar-refractivity contribution in [2.24, 2.45) is 11.0 Å². The molecular formula is C31H33ClN4O. The van der Waals surface area contributed by atoms with Gasteiger partial charge in [0.25, 0.3) is 5.91 Å². The molecule has 3 aromatic rings. The zero-order valence-electron chi connectivity index (χ0n) is 21.9. The molecule has 1 aliphatic carbocycles. The van der Waals surface area contributed by atoms with Crippen molar-refractivity contribution in [3.63, 3.8) is 0 Å². The second kappa shape index (κ2) is 10.4. The Kier molecular flexibility index (Phi) is 7.07. The Balaban J connectivity index is 1.55. The molecule has 1 heterocycles. The van der Waals surface area contributed by atoms with Gasteiger partial charge in [0.15, 0.2) is 0 Å². The lowest BCUT2D eigenvalue weighted by molar-refractivity contribution is 0.0681. The summed E-state index contributed by atoms with van der Waals surface area (Å²) in [7, 11) is 8.15. The van der Waals surface area contributed by atoms with Crippen LogP contribution in [0.5, 0.6) is 0 Å². The number of anilines is 2. The van der Waals surface area contributed by atoms with E-state index in [2.05, 4.69) is 64.4 Å². The number of hydrogen-bond acceptors (Lipinski definition) is 4. The van der Waals surface area contributed by atoms with Crippen LogP contribution in [0, 0.1) is 5.92 Å². The number of benzene rings is 3. The van der Waals surface area contributed by atoms with Gasteiger partial charge in [0.05, 0.1) is 11.8 Å². The van der Waals surface area contributed by atoms with Crippen molar-refractivity contribution < 1.29 is 4.79 Å². The number of hydrazone groups is 1. The van der Waals surface area contributed by atoms with E-state index in [1.807, 2.05) is 40.3 Å². The molecule has 1 aliphatic heterocycles. The van der Waals surface area contributed by atoms with Gasteiger partial charge in [-0.15, -0.1) is 0 Å². The first-order valence-electron chi connectivity index (χ1n) is 12.7. The number of carbonyl (C=O) groups is 1. The van der Waals surface area contributed by atoms with Crippen LogP contribution in [0.25, 0.3) is 6.08 Å². The molecule has 0 N–H and O–H groups in total. The molecule has 0 radical (unpaired) electrons. The van der Waals surface area contributed by atoms with Crippen LogP contribution in [-0.4, -0.2) is 44.8 Å². The zero-order chi connectivity index (χ0) is 26.1. The lowest BCUT2D eigenvalue weighted by Gasteiger charge is -2.30. The summed E-state index contributed by atoms with van der Waals surface area (Å²) < 4.78 is 0. The number of halogens is 1. The first-order chi connectivity index (χ1) is 17.8. The van der Waals surface area contributed by atoms with Gasteiger partial charge in [0.1, 0.15) is 0 Å². The van der Waals surface area contributed by atoms with Gasteiger partial charge in [0.2, 0.25) is 0 Å². The number of fused-ring (bicyclic) bond motifs is 1. The molecule has 5 rings (SSSR count). The van der Waals surface area contributed by atoms with Gasteiger partial charge in [-0.25, -0.2) is 5.01 Å². The molecule has 0 bridgehead atoms. The van der Waals surface area contributed by atoms with E-state index in [-0.39, 0.29) is 17.9 Å². The molecule has 0 spiro atoms. The van der Waals surface area contributed by atoms with Crippen molar-refractivity contribution in [2.75, 3.05) is 38.0 Å². The number of rotatable bonds is 5. The molecule has 1 saturated carbocycles. The summed E-state index contributed by atoms with van der Waals surface area (Å²) in [6.45, 7) is 0. The molecule has 0 aromatic heterocycles. The molecular weight excluding hydrogens is 480 g/mol. The summed E-state index contributed by atoms with van der Waals surface area (Å²) >= 11 is 6.24. The van der Waals surface area contributed by atoms with Gasteiger partial charge in [-0.05, 0) is 84.5 Å². The van der Waals surface area contributed by atoms with E-state index < -0.39 is 0 Å². The van der Waals surface area contributed by atoms with Crippen molar-refractivity contribution in [1.29, 1.82) is 0 Å². The largest absolute Gasteiger partial charge is 0.378 e. The quantitative estimate of drug-likeness (QED) is 0.373. The standard InChI is InChI=1S/C31H33ClN4O/c1-34(2)26-15-11-21(12-16-26)19-23-7-6-10-28-29(23)33-36(31(37)24-8-5-9-25(32)20-24)30(28)22-13-17-27(18-14-22)35(3)4/h5,8-9,11-20,28,30H,6-7,10H2,1-4H3/b23-19-. The van der Waals surface area contributed by atoms with Crippen molar-refractivity contribution in [3.8, 4) is 0 Å². The van der Waals surface area contributed by atoms with Gasteiger partial charge in [-0.1, -0.05) is 41.9 Å². The van der Waals surface area contributed by atoms with Crippen molar-refractivity contribution in [2.45, 2.75) is 25.3 Å². The van der Waals surface area contributed by atoms with E-state index in [4.69, 9.17) is 16.7 Å². The Morgan fingerprint density at radius 2 is 1.59 bits per heavy atom. The van der Waals surface area contributed by atoms with Crippen molar-refractivity contribution in [3.05, 3.63) is 100 Å². The maximum Gasteiger partial charge on any atom is 0.274 e. The average molecular weight is 513 g/mol. The minimum absolute atomic E-state index is 0.124. The Morgan fingerprint density at radius 1 is 0.946 bits per heavy atom. The van der Waals surface area contributed by atoms with E-state index in [9.17, 15) is 4.79 Å². The Bertz CT molecular complexity index is 1340. The highest BCUT2D eigenvalue weighted by Gasteiger charge is 2.44. The average Bonchev–Trinajstić information content (AvgIpc) is 3.29. The molecule has 5 nitrogen and oxygen atoms in total. The highest BCUT2D eigenvalue weighted by Crippen LogP contribution is 2.45. The predicted molar refractivity (Wildman–Crippen MR) is 155 cm³/mol. The lowest BCUT2D eigenvalue weighted by Crippen LogP contribution is -2.32. The third kappa shape index (κ3) is 5.14. The molecule has 2 aliphatic rings. The minimum Gasteiger partial charge on any atom is -0.378 e. The third-order valence-corrected chi connectivity index (χ3v) is 7.52. The summed E-state index contributed by atoms with van der Waals surface area (Å²) in [4.78, 5) is 18.0. The predicted octanol–water partition coefficient (Wildman–Crippen LogP) is 6.91. The molecule has 1 amide bonds. The van der Waals surface area contributed by atoms with Crippen molar-refractivity contribution in [1.82, 2.24) is 5.01 Å². The van der Waals surface area contributed by atoms with Gasteiger partial charge < -0.3 is 9.80 Å². The summed E-state index contributed by atoms with van der Waals surface area (Å²) in [5.41, 5.74) is 7.33. The molecule has 0 saturated heterocycles. The fourth-order valence-electron chi connectivity index (χ4n) is 5.29. The highest BCUT2D eigenvalue weighted by molar-refractivity contribution is 6.31. The molecule has 6 heteroatoms. The van der Waals surface area contributed by atoms with Crippen LogP contribution in [0.1, 0.15) is 46.8 Å². The molecule has 190 valence electrons. The molecule has 1 fully saturated rings. The van der Waals surface area contributed by atoms with E-state index in [0.29, 0.717) is 10.6 Å². The van der Waals surface area contributed by atoms with Crippen LogP contribution in [0.15, 0.2) is 83.5 Å². The summed E-state index contributed by atoms with van der Waals surface area (Å²) in [6, 6.07) is 24.0. The zero-order valence-corrected chi connectivity index (χ0v) is 22.6. The fourth-order valence-corrected chi connectivity index (χ4v) is 5.48. The summed E-state index contributed by atoms with van der Waals surface area (Å²) in [6.07, 6.45) is 5.26. The number of amides is 1. The minimum atomic E-state index is -0.155. The van der Waals surface area contributed by atoms with Gasteiger partial charge in [0, 0.05) is 56.1 Å². The van der Waals surface area contributed by atoms with Crippen LogP contribution < -0.4 is 9.80 Å². The van der Waals surface area contributed by atoms with Crippen LogP contribution in [-0.2, 0) is 0 Å².